The van der Waals surface area contributed by atoms with Crippen LogP contribution in [0.5, 0.6) is 0 Å². The predicted octanol–water partition coefficient (Wildman–Crippen LogP) is 0.750. The number of nitrogens with two attached hydrogens (primary N) is 1. The number of nitrogens with zero attached hydrogens (tertiary/aromatic N) is 2. The van der Waals surface area contributed by atoms with Crippen LogP contribution < -0.4 is 5.73 Å². The second-order valence-electron chi connectivity index (χ2n) is 5.49. The molecule has 1 aliphatic heterocycles. The van der Waals surface area contributed by atoms with E-state index in [1.165, 1.54) is 45.3 Å². The van der Waals surface area contributed by atoms with Crippen LogP contribution in [0.25, 0.3) is 0 Å². The van der Waals surface area contributed by atoms with Crippen LogP contribution in [0.3, 0.4) is 0 Å². The van der Waals surface area contributed by atoms with Gasteiger partial charge in [-0.3, -0.25) is 0 Å². The number of likely N-dealkylation sites (N-methyl/N-ethyl adjacent to an activating group) is 2. The van der Waals surface area contributed by atoms with Crippen molar-refractivity contribution < 1.29 is 0 Å². The molecule has 0 bridgehead atoms. The van der Waals surface area contributed by atoms with E-state index in [0.29, 0.717) is 12.1 Å². The molecule has 2 N–H and O–H groups in total. The lowest BCUT2D eigenvalue weighted by Gasteiger charge is -2.41. The molecule has 2 rings (SSSR count). The van der Waals surface area contributed by atoms with Crippen molar-refractivity contribution in [3.8, 4) is 0 Å². The van der Waals surface area contributed by atoms with E-state index in [1.807, 2.05) is 0 Å². The van der Waals surface area contributed by atoms with Gasteiger partial charge in [-0.2, -0.15) is 0 Å². The third kappa shape index (κ3) is 2.71. The Labute approximate surface area is 93.6 Å². The molecule has 0 aromatic rings. The molecule has 1 saturated carbocycles. The maximum Gasteiger partial charge on any atom is 0.0235 e. The van der Waals surface area contributed by atoms with Gasteiger partial charge in [-0.1, -0.05) is 6.42 Å². The largest absolute Gasteiger partial charge is 0.327 e. The quantitative estimate of drug-likeness (QED) is 0.748. The third-order valence-corrected chi connectivity index (χ3v) is 4.28. The number of piperazine rings is 1. The Morgan fingerprint density at radius 1 is 1.27 bits per heavy atom. The Morgan fingerprint density at radius 3 is 2.60 bits per heavy atom. The van der Waals surface area contributed by atoms with Crippen molar-refractivity contribution in [1.29, 1.82) is 0 Å². The fourth-order valence-corrected chi connectivity index (χ4v) is 2.73. The van der Waals surface area contributed by atoms with Crippen LogP contribution in [0, 0.1) is 5.92 Å². The summed E-state index contributed by atoms with van der Waals surface area (Å²) in [6.07, 6.45) is 5.32. The van der Waals surface area contributed by atoms with E-state index in [4.69, 9.17) is 5.73 Å². The van der Waals surface area contributed by atoms with Crippen molar-refractivity contribution in [3.05, 3.63) is 0 Å². The lowest BCUT2D eigenvalue weighted by atomic mass is 9.78. The van der Waals surface area contributed by atoms with E-state index in [0.717, 1.165) is 5.92 Å². The molecule has 2 fully saturated rings. The van der Waals surface area contributed by atoms with Gasteiger partial charge in [0.25, 0.3) is 0 Å². The SMILES string of the molecule is CN1CCN(C)C(CC(N)C2CCC2)C1. The highest BCUT2D eigenvalue weighted by atomic mass is 15.3. The van der Waals surface area contributed by atoms with Crippen LogP contribution in [-0.2, 0) is 0 Å². The van der Waals surface area contributed by atoms with E-state index in [-0.39, 0.29) is 0 Å². The summed E-state index contributed by atoms with van der Waals surface area (Å²) in [5, 5.41) is 0. The summed E-state index contributed by atoms with van der Waals surface area (Å²) < 4.78 is 0. The summed E-state index contributed by atoms with van der Waals surface area (Å²) in [5.74, 6) is 0.825. The van der Waals surface area contributed by atoms with Gasteiger partial charge in [0.2, 0.25) is 0 Å². The lowest BCUT2D eigenvalue weighted by Crippen LogP contribution is -2.52. The summed E-state index contributed by atoms with van der Waals surface area (Å²) in [7, 11) is 4.46. The van der Waals surface area contributed by atoms with Gasteiger partial charge in [0.1, 0.15) is 0 Å². The highest BCUT2D eigenvalue weighted by Crippen LogP contribution is 2.31. The van der Waals surface area contributed by atoms with Crippen LogP contribution in [0.4, 0.5) is 0 Å². The van der Waals surface area contributed by atoms with Crippen molar-refractivity contribution in [1.82, 2.24) is 9.80 Å². The van der Waals surface area contributed by atoms with Gasteiger partial charge < -0.3 is 15.5 Å². The zero-order chi connectivity index (χ0) is 10.8. The molecule has 0 aromatic heterocycles. The number of rotatable bonds is 3. The summed E-state index contributed by atoms with van der Waals surface area (Å²) in [5.41, 5.74) is 6.27. The summed E-state index contributed by atoms with van der Waals surface area (Å²) >= 11 is 0. The summed E-state index contributed by atoms with van der Waals surface area (Å²) in [6.45, 7) is 3.58. The molecule has 1 saturated heterocycles. The second kappa shape index (κ2) is 4.81. The lowest BCUT2D eigenvalue weighted by molar-refractivity contribution is 0.0925. The summed E-state index contributed by atoms with van der Waals surface area (Å²) in [6, 6.07) is 1.12. The highest BCUT2D eigenvalue weighted by molar-refractivity contribution is 4.87. The molecule has 0 aromatic carbocycles. The molecule has 3 heteroatoms. The highest BCUT2D eigenvalue weighted by Gasteiger charge is 2.29. The monoisotopic (exact) mass is 211 g/mol. The van der Waals surface area contributed by atoms with Crippen molar-refractivity contribution in [2.24, 2.45) is 11.7 Å². The van der Waals surface area contributed by atoms with E-state index >= 15 is 0 Å². The summed E-state index contributed by atoms with van der Waals surface area (Å²) in [4.78, 5) is 4.91. The first-order valence-electron chi connectivity index (χ1n) is 6.31. The molecule has 0 radical (unpaired) electrons. The first-order chi connectivity index (χ1) is 7.16. The Morgan fingerprint density at radius 2 is 2.00 bits per heavy atom. The first-order valence-corrected chi connectivity index (χ1v) is 6.31. The second-order valence-corrected chi connectivity index (χ2v) is 5.49. The molecule has 15 heavy (non-hydrogen) atoms. The van der Waals surface area contributed by atoms with Crippen molar-refractivity contribution >= 4 is 0 Å². The van der Waals surface area contributed by atoms with Crippen LogP contribution in [0.2, 0.25) is 0 Å². The standard InChI is InChI=1S/C12H25N3/c1-14-6-7-15(2)11(9-14)8-12(13)10-4-3-5-10/h10-12H,3-9,13H2,1-2H3. The molecular formula is C12H25N3. The van der Waals surface area contributed by atoms with Crippen LogP contribution >= 0.6 is 0 Å². The molecule has 2 aliphatic rings. The van der Waals surface area contributed by atoms with Gasteiger partial charge in [0.05, 0.1) is 0 Å². The Bertz CT molecular complexity index is 203. The zero-order valence-electron chi connectivity index (χ0n) is 10.2. The molecule has 2 unspecified atom stereocenters. The number of hydrogen-bond acceptors (Lipinski definition) is 3. The third-order valence-electron chi connectivity index (χ3n) is 4.28. The molecule has 2 atom stereocenters. The smallest absolute Gasteiger partial charge is 0.0235 e. The predicted molar refractivity (Wildman–Crippen MR) is 63.8 cm³/mol. The molecule has 0 amide bonds. The molecule has 0 spiro atoms. The van der Waals surface area contributed by atoms with E-state index < -0.39 is 0 Å². The minimum atomic E-state index is 0.442. The van der Waals surface area contributed by atoms with Gasteiger partial charge in [-0.05, 0) is 39.3 Å². The van der Waals surface area contributed by atoms with Crippen molar-refractivity contribution in [2.45, 2.75) is 37.8 Å². The molecule has 88 valence electrons. The van der Waals surface area contributed by atoms with Gasteiger partial charge in [0.15, 0.2) is 0 Å². The Kier molecular flexibility index (Phi) is 3.65. The minimum absolute atomic E-state index is 0.442. The Hall–Kier alpha value is -0.120. The Balaban J connectivity index is 1.80. The van der Waals surface area contributed by atoms with Crippen LogP contribution in [0.1, 0.15) is 25.7 Å². The molecule has 1 heterocycles. The van der Waals surface area contributed by atoms with Gasteiger partial charge in [-0.25, -0.2) is 0 Å². The fraction of sp³-hybridized carbons (Fsp3) is 1.00. The fourth-order valence-electron chi connectivity index (χ4n) is 2.73. The van der Waals surface area contributed by atoms with Crippen LogP contribution in [-0.4, -0.2) is 55.6 Å². The van der Waals surface area contributed by atoms with Crippen molar-refractivity contribution in [2.75, 3.05) is 33.7 Å². The van der Waals surface area contributed by atoms with E-state index in [9.17, 15) is 0 Å². The topological polar surface area (TPSA) is 32.5 Å². The van der Waals surface area contributed by atoms with Gasteiger partial charge >= 0.3 is 0 Å². The zero-order valence-corrected chi connectivity index (χ0v) is 10.2. The first kappa shape index (κ1) is 11.4. The maximum atomic E-state index is 6.27. The molecule has 3 nitrogen and oxygen atoms in total. The van der Waals surface area contributed by atoms with Crippen molar-refractivity contribution in [3.63, 3.8) is 0 Å². The minimum Gasteiger partial charge on any atom is -0.327 e. The average molecular weight is 211 g/mol. The van der Waals surface area contributed by atoms with E-state index in [1.54, 1.807) is 0 Å². The maximum absolute atomic E-state index is 6.27. The van der Waals surface area contributed by atoms with Crippen LogP contribution in [0.15, 0.2) is 0 Å². The molecular weight excluding hydrogens is 186 g/mol. The van der Waals surface area contributed by atoms with Gasteiger partial charge in [0, 0.05) is 31.7 Å². The number of hydrogen-bond donors (Lipinski definition) is 1. The average Bonchev–Trinajstić information content (AvgIpc) is 2.08. The molecule has 1 aliphatic carbocycles. The van der Waals surface area contributed by atoms with Gasteiger partial charge in [-0.15, -0.1) is 0 Å². The normalized spacial score (nSPS) is 32.6. The van der Waals surface area contributed by atoms with E-state index in [2.05, 4.69) is 23.9 Å².